The number of nitrogens with zero attached hydrogens (tertiary/aromatic N) is 5. The van der Waals surface area contributed by atoms with Gasteiger partial charge in [0.1, 0.15) is 5.69 Å². The van der Waals surface area contributed by atoms with Gasteiger partial charge >= 0.3 is 17.1 Å². The Kier molecular flexibility index (Phi) is 17.7. The van der Waals surface area contributed by atoms with Crippen LogP contribution < -0.4 is 53.2 Å². The smallest absolute Gasteiger partial charge is 0.415 e. The van der Waals surface area contributed by atoms with Crippen molar-refractivity contribution in [2.75, 3.05) is 39.3 Å². The fourth-order valence-corrected chi connectivity index (χ4v) is 4.14. The van der Waals surface area contributed by atoms with Crippen LogP contribution in [0.15, 0.2) is 71.1 Å². The van der Waals surface area contributed by atoms with Gasteiger partial charge in [-0.15, -0.1) is 30.7 Å². The monoisotopic (exact) mass is 745 g/mol. The second-order valence-corrected chi connectivity index (χ2v) is 11.1. The van der Waals surface area contributed by atoms with Gasteiger partial charge in [-0.1, -0.05) is 30.3 Å². The molecule has 0 unspecified atom stereocenters. The van der Waals surface area contributed by atoms with Gasteiger partial charge < -0.3 is 20.4 Å². The van der Waals surface area contributed by atoms with Gasteiger partial charge in [0.25, 0.3) is 5.89 Å². The second-order valence-electron chi connectivity index (χ2n) is 9.54. The molecule has 1 aromatic carbocycles. The molecular formula is C27H32Cl2CuN8O9. The molecule has 0 saturated heterocycles. The average Bonchev–Trinajstić information content (AvgIpc) is 3.49. The SMILES string of the molecule is [Cu+2].[O-][Cl+3]([O-])([O-])[O-].[O-][Cl+3]([O-])([O-])[O-].c1ccc(-c2nnc(-c3cccc(CNCCN4CCNCc5cccc(n5)CNCC4)n3)o2)cc1. The van der Waals surface area contributed by atoms with Gasteiger partial charge in [0, 0.05) is 64.5 Å². The molecule has 0 saturated carbocycles. The van der Waals surface area contributed by atoms with Crippen LogP contribution in [0.5, 0.6) is 0 Å². The van der Waals surface area contributed by atoms with Crippen molar-refractivity contribution >= 4 is 0 Å². The molecule has 0 fully saturated rings. The molecule has 0 amide bonds. The molecule has 1 aliphatic heterocycles. The van der Waals surface area contributed by atoms with E-state index < -0.39 is 20.5 Å². The van der Waals surface area contributed by atoms with E-state index in [-0.39, 0.29) is 17.1 Å². The predicted octanol–water partition coefficient (Wildman–Crippen LogP) is -7.04. The number of halogens is 2. The Hall–Kier alpha value is -2.72. The topological polar surface area (TPSA) is 289 Å². The largest absolute Gasteiger partial charge is 2.00 e. The third kappa shape index (κ3) is 18.4. The number of aromatic nitrogens is 4. The standard InChI is InChI=1S/C27H32N8O.2ClHO4.Cu/c1-2-6-21(7-3-1)26-33-34-27(36-26)25-11-5-10-24(32-25)20-30-14-17-35-15-12-28-18-22-8-4-9-23(31-22)19-29-13-16-35;2*2-1(3,4)5;/h1-11,28-30H,12-20H2;2*(H,2,3,4,5);/q;;;+2/p-2. The molecule has 4 heterocycles. The zero-order chi connectivity index (χ0) is 33.4. The minimum absolute atomic E-state index is 0. The van der Waals surface area contributed by atoms with Crippen molar-refractivity contribution in [3.63, 3.8) is 0 Å². The Morgan fingerprint density at radius 2 is 1.26 bits per heavy atom. The molecule has 5 rings (SSSR count). The van der Waals surface area contributed by atoms with E-state index in [2.05, 4.69) is 54.2 Å². The molecule has 0 atom stereocenters. The van der Waals surface area contributed by atoms with Crippen LogP contribution in [0.4, 0.5) is 0 Å². The summed E-state index contributed by atoms with van der Waals surface area (Å²) in [5.74, 6) is 0.923. The van der Waals surface area contributed by atoms with Crippen molar-refractivity contribution in [2.24, 2.45) is 0 Å². The van der Waals surface area contributed by atoms with Gasteiger partial charge in [-0.2, -0.15) is 0 Å². The third-order valence-corrected chi connectivity index (χ3v) is 6.07. The Morgan fingerprint density at radius 1 is 0.702 bits per heavy atom. The van der Waals surface area contributed by atoms with Crippen molar-refractivity contribution in [3.8, 4) is 23.0 Å². The van der Waals surface area contributed by atoms with Gasteiger partial charge in [0.05, 0.1) is 17.1 Å². The van der Waals surface area contributed by atoms with E-state index in [0.717, 1.165) is 75.0 Å². The summed E-state index contributed by atoms with van der Waals surface area (Å²) in [6, 6.07) is 21.9. The number of rotatable bonds is 7. The predicted molar refractivity (Wildman–Crippen MR) is 139 cm³/mol. The van der Waals surface area contributed by atoms with E-state index in [1.807, 2.05) is 48.5 Å². The molecule has 0 aliphatic carbocycles. The van der Waals surface area contributed by atoms with Crippen molar-refractivity contribution in [2.45, 2.75) is 19.6 Å². The summed E-state index contributed by atoms with van der Waals surface area (Å²) < 4.78 is 73.8. The number of nitrogens with one attached hydrogen (secondary N) is 3. The zero-order valence-electron chi connectivity index (χ0n) is 24.7. The normalized spacial score (nSPS) is 14.2. The number of pyridine rings is 2. The maximum absolute atomic E-state index is 8.49. The van der Waals surface area contributed by atoms with Gasteiger partial charge in [-0.3, -0.25) is 9.88 Å². The first-order chi connectivity index (χ1) is 21.8. The summed E-state index contributed by atoms with van der Waals surface area (Å²) >= 11 is 0. The van der Waals surface area contributed by atoms with Crippen LogP contribution >= 0.6 is 0 Å². The van der Waals surface area contributed by atoms with Crippen molar-refractivity contribution in [1.29, 1.82) is 0 Å². The maximum Gasteiger partial charge on any atom is 2.00 e. The van der Waals surface area contributed by atoms with E-state index >= 15 is 0 Å². The van der Waals surface area contributed by atoms with Crippen LogP contribution in [0.25, 0.3) is 23.0 Å². The fourth-order valence-electron chi connectivity index (χ4n) is 4.14. The Morgan fingerprint density at radius 3 is 1.85 bits per heavy atom. The van der Waals surface area contributed by atoms with Crippen LogP contribution in [0.1, 0.15) is 17.1 Å². The number of benzene rings is 1. The van der Waals surface area contributed by atoms with E-state index in [1.54, 1.807) is 0 Å². The van der Waals surface area contributed by atoms with Gasteiger partial charge in [0.15, 0.2) is 0 Å². The van der Waals surface area contributed by atoms with Crippen LogP contribution in [0, 0.1) is 20.5 Å². The fraction of sp³-hybridized carbons (Fsp3) is 0.333. The zero-order valence-corrected chi connectivity index (χ0v) is 27.1. The first-order valence-corrected chi connectivity index (χ1v) is 16.2. The summed E-state index contributed by atoms with van der Waals surface area (Å²) in [6.07, 6.45) is 0. The summed E-state index contributed by atoms with van der Waals surface area (Å²) in [6.45, 7) is 7.99. The van der Waals surface area contributed by atoms with Crippen LogP contribution in [0.3, 0.4) is 0 Å². The maximum atomic E-state index is 8.49. The van der Waals surface area contributed by atoms with Crippen molar-refractivity contribution < 1.29 is 79.2 Å². The number of hydrogen-bond donors (Lipinski definition) is 3. The molecule has 1 aliphatic rings. The van der Waals surface area contributed by atoms with Crippen molar-refractivity contribution in [3.05, 3.63) is 83.8 Å². The van der Waals surface area contributed by atoms with Crippen LogP contribution in [-0.4, -0.2) is 64.3 Å². The summed E-state index contributed by atoms with van der Waals surface area (Å²) in [5.41, 5.74) is 4.71. The summed E-state index contributed by atoms with van der Waals surface area (Å²) in [4.78, 5) is 11.9. The first-order valence-electron chi connectivity index (χ1n) is 13.7. The molecule has 259 valence electrons. The third-order valence-electron chi connectivity index (χ3n) is 6.07. The first kappa shape index (κ1) is 40.5. The molecule has 2 bridgehead atoms. The average molecular weight is 747 g/mol. The van der Waals surface area contributed by atoms with E-state index in [4.69, 9.17) is 46.7 Å². The van der Waals surface area contributed by atoms with Gasteiger partial charge in [0.2, 0.25) is 5.89 Å². The number of hydrogen-bond acceptors (Lipinski definition) is 17. The quantitative estimate of drug-likeness (QED) is 0.117. The Bertz CT molecular complexity index is 1400. The van der Waals surface area contributed by atoms with Gasteiger partial charge in [-0.05, 0) is 36.4 Å². The summed E-state index contributed by atoms with van der Waals surface area (Å²) in [5, 5.41) is 18.9. The molecule has 1 radical (unpaired) electrons. The molecule has 3 aromatic heterocycles. The minimum Gasteiger partial charge on any atom is -0.415 e. The Balaban J connectivity index is 0.000000612. The van der Waals surface area contributed by atoms with Crippen molar-refractivity contribution in [1.82, 2.24) is 41.0 Å². The van der Waals surface area contributed by atoms with E-state index in [1.165, 1.54) is 0 Å². The van der Waals surface area contributed by atoms with Gasteiger partial charge in [-0.25, -0.2) is 42.3 Å². The molecule has 47 heavy (non-hydrogen) atoms. The van der Waals surface area contributed by atoms with Crippen LogP contribution in [0.2, 0.25) is 0 Å². The van der Waals surface area contributed by atoms with Crippen LogP contribution in [-0.2, 0) is 36.7 Å². The molecule has 4 aromatic rings. The second kappa shape index (κ2) is 20.6. The molecule has 0 spiro atoms. The minimum atomic E-state index is -4.94. The summed E-state index contributed by atoms with van der Waals surface area (Å²) in [7, 11) is -9.89. The number of fused-ring (bicyclic) bond motifs is 2. The Labute approximate surface area is 285 Å². The molecule has 20 heteroatoms. The molecular weight excluding hydrogens is 715 g/mol. The van der Waals surface area contributed by atoms with E-state index in [9.17, 15) is 0 Å². The molecule has 17 nitrogen and oxygen atoms in total. The van der Waals surface area contributed by atoms with E-state index in [0.29, 0.717) is 24.0 Å². The molecule has 3 N–H and O–H groups in total.